The summed E-state index contributed by atoms with van der Waals surface area (Å²) in [6, 6.07) is 11.3. The minimum absolute atomic E-state index is 0.130. The standard InChI is InChI=1S/C19H16N4O2S/c1-13-17(26-19(22-13)23-8-2-3-9-23)18(24)21-12-14-6-7-20-15(11-14)16-5-4-10-25-16/h2-11H,12H2,1H3,(H,21,24). The van der Waals surface area contributed by atoms with Gasteiger partial charge in [-0.25, -0.2) is 4.98 Å². The maximum atomic E-state index is 12.6. The maximum absolute atomic E-state index is 12.6. The van der Waals surface area contributed by atoms with Gasteiger partial charge in [-0.15, -0.1) is 0 Å². The van der Waals surface area contributed by atoms with E-state index in [4.69, 9.17) is 4.42 Å². The van der Waals surface area contributed by atoms with Crippen molar-refractivity contribution in [3.8, 4) is 16.6 Å². The summed E-state index contributed by atoms with van der Waals surface area (Å²) in [6.07, 6.45) is 7.14. The van der Waals surface area contributed by atoms with Crippen LogP contribution in [0.3, 0.4) is 0 Å². The van der Waals surface area contributed by atoms with Gasteiger partial charge >= 0.3 is 0 Å². The van der Waals surface area contributed by atoms with Crippen LogP contribution in [0.4, 0.5) is 0 Å². The molecule has 0 atom stereocenters. The van der Waals surface area contributed by atoms with Gasteiger partial charge in [-0.3, -0.25) is 9.78 Å². The minimum Gasteiger partial charge on any atom is -0.463 e. The molecular weight excluding hydrogens is 348 g/mol. The number of nitrogens with zero attached hydrogens (tertiary/aromatic N) is 3. The van der Waals surface area contributed by atoms with Crippen molar-refractivity contribution in [2.24, 2.45) is 0 Å². The Morgan fingerprint density at radius 3 is 2.88 bits per heavy atom. The second-order valence-corrected chi connectivity index (χ2v) is 6.69. The van der Waals surface area contributed by atoms with Gasteiger partial charge in [0.15, 0.2) is 10.9 Å². The molecule has 4 aromatic heterocycles. The van der Waals surface area contributed by atoms with E-state index in [1.807, 2.05) is 60.3 Å². The van der Waals surface area contributed by atoms with E-state index >= 15 is 0 Å². The molecule has 4 heterocycles. The van der Waals surface area contributed by atoms with E-state index in [2.05, 4.69) is 15.3 Å². The maximum Gasteiger partial charge on any atom is 0.263 e. The number of aromatic nitrogens is 3. The first-order valence-electron chi connectivity index (χ1n) is 8.08. The zero-order chi connectivity index (χ0) is 17.9. The van der Waals surface area contributed by atoms with Gasteiger partial charge in [-0.05, 0) is 48.9 Å². The van der Waals surface area contributed by atoms with Crippen LogP contribution < -0.4 is 5.32 Å². The Morgan fingerprint density at radius 1 is 1.27 bits per heavy atom. The molecule has 7 heteroatoms. The van der Waals surface area contributed by atoms with Crippen LogP contribution in [0.5, 0.6) is 0 Å². The van der Waals surface area contributed by atoms with Crippen LogP contribution in [0.1, 0.15) is 20.9 Å². The lowest BCUT2D eigenvalue weighted by Gasteiger charge is -2.05. The number of carbonyl (C=O) groups is 1. The van der Waals surface area contributed by atoms with E-state index in [0.717, 1.165) is 22.1 Å². The first-order valence-corrected chi connectivity index (χ1v) is 8.90. The Balaban J connectivity index is 1.47. The lowest BCUT2D eigenvalue weighted by molar-refractivity contribution is 0.0954. The molecule has 1 amide bonds. The van der Waals surface area contributed by atoms with Gasteiger partial charge in [-0.1, -0.05) is 11.3 Å². The van der Waals surface area contributed by atoms with Crippen molar-refractivity contribution < 1.29 is 9.21 Å². The monoisotopic (exact) mass is 364 g/mol. The molecule has 0 saturated heterocycles. The molecule has 0 fully saturated rings. The van der Waals surface area contributed by atoms with Gasteiger partial charge in [0.2, 0.25) is 0 Å². The Labute approximate surface area is 154 Å². The third-order valence-corrected chi connectivity index (χ3v) is 5.04. The Morgan fingerprint density at radius 2 is 2.12 bits per heavy atom. The van der Waals surface area contributed by atoms with E-state index in [1.165, 1.54) is 11.3 Å². The van der Waals surface area contributed by atoms with E-state index in [9.17, 15) is 4.79 Å². The molecule has 0 unspecified atom stereocenters. The summed E-state index contributed by atoms with van der Waals surface area (Å²) < 4.78 is 7.26. The summed E-state index contributed by atoms with van der Waals surface area (Å²) in [5, 5.41) is 3.73. The number of thiazole rings is 1. The molecule has 1 N–H and O–H groups in total. The molecule has 0 saturated carbocycles. The lowest BCUT2D eigenvalue weighted by atomic mass is 10.2. The molecular formula is C19H16N4O2S. The smallest absolute Gasteiger partial charge is 0.263 e. The molecule has 4 aromatic rings. The van der Waals surface area contributed by atoms with Crippen molar-refractivity contribution >= 4 is 17.2 Å². The van der Waals surface area contributed by atoms with Crippen LogP contribution in [0.25, 0.3) is 16.6 Å². The molecule has 0 aliphatic heterocycles. The average Bonchev–Trinajstić information content (AvgIpc) is 3.40. The number of aryl methyl sites for hydroxylation is 1. The van der Waals surface area contributed by atoms with E-state index in [1.54, 1.807) is 12.5 Å². The number of hydrogen-bond acceptors (Lipinski definition) is 5. The number of pyridine rings is 1. The van der Waals surface area contributed by atoms with Crippen LogP contribution in [0.2, 0.25) is 0 Å². The first-order chi connectivity index (χ1) is 12.7. The van der Waals surface area contributed by atoms with Crippen LogP contribution >= 0.6 is 11.3 Å². The molecule has 130 valence electrons. The zero-order valence-electron chi connectivity index (χ0n) is 14.0. The molecule has 26 heavy (non-hydrogen) atoms. The van der Waals surface area contributed by atoms with Crippen LogP contribution in [-0.2, 0) is 6.54 Å². The molecule has 4 rings (SSSR count). The Kier molecular flexibility index (Phi) is 4.37. The fourth-order valence-corrected chi connectivity index (χ4v) is 3.52. The summed E-state index contributed by atoms with van der Waals surface area (Å²) in [5.41, 5.74) is 2.42. The second kappa shape index (κ2) is 6.97. The Bertz CT molecular complexity index is 1020. The summed E-state index contributed by atoms with van der Waals surface area (Å²) in [5.74, 6) is 0.572. The normalized spacial score (nSPS) is 10.8. The van der Waals surface area contributed by atoms with Gasteiger partial charge in [0.25, 0.3) is 5.91 Å². The number of hydrogen-bond donors (Lipinski definition) is 1. The van der Waals surface area contributed by atoms with Crippen molar-refractivity contribution in [2.75, 3.05) is 0 Å². The quantitative estimate of drug-likeness (QED) is 0.584. The molecule has 0 aliphatic rings. The molecule has 0 aromatic carbocycles. The largest absolute Gasteiger partial charge is 0.463 e. The fourth-order valence-electron chi connectivity index (χ4n) is 2.57. The number of furan rings is 1. The number of rotatable bonds is 5. The summed E-state index contributed by atoms with van der Waals surface area (Å²) in [6.45, 7) is 2.26. The van der Waals surface area contributed by atoms with Crippen LogP contribution in [0.15, 0.2) is 65.7 Å². The average molecular weight is 364 g/mol. The topological polar surface area (TPSA) is 73.0 Å². The highest BCUT2D eigenvalue weighted by molar-refractivity contribution is 7.16. The third-order valence-electron chi connectivity index (χ3n) is 3.87. The highest BCUT2D eigenvalue weighted by Crippen LogP contribution is 2.22. The zero-order valence-corrected chi connectivity index (χ0v) is 14.9. The number of nitrogens with one attached hydrogen (secondary N) is 1. The van der Waals surface area contributed by atoms with E-state index in [0.29, 0.717) is 17.2 Å². The van der Waals surface area contributed by atoms with Crippen molar-refractivity contribution in [1.82, 2.24) is 19.9 Å². The number of carbonyl (C=O) groups excluding carboxylic acids is 1. The van der Waals surface area contributed by atoms with Crippen molar-refractivity contribution in [3.05, 3.63) is 77.4 Å². The van der Waals surface area contributed by atoms with Gasteiger partial charge in [-0.2, -0.15) is 0 Å². The van der Waals surface area contributed by atoms with Gasteiger partial charge in [0.1, 0.15) is 10.6 Å². The lowest BCUT2D eigenvalue weighted by Crippen LogP contribution is -2.22. The summed E-state index contributed by atoms with van der Waals surface area (Å²) >= 11 is 1.37. The van der Waals surface area contributed by atoms with Crippen LogP contribution in [-0.4, -0.2) is 20.4 Å². The van der Waals surface area contributed by atoms with E-state index < -0.39 is 0 Å². The van der Waals surface area contributed by atoms with Gasteiger partial charge < -0.3 is 14.3 Å². The van der Waals surface area contributed by atoms with Crippen molar-refractivity contribution in [1.29, 1.82) is 0 Å². The number of amides is 1. The first kappa shape index (κ1) is 16.3. The highest BCUT2D eigenvalue weighted by Gasteiger charge is 2.16. The minimum atomic E-state index is -0.130. The van der Waals surface area contributed by atoms with Crippen molar-refractivity contribution in [3.63, 3.8) is 0 Å². The molecule has 0 aliphatic carbocycles. The highest BCUT2D eigenvalue weighted by atomic mass is 32.1. The summed E-state index contributed by atoms with van der Waals surface area (Å²) in [4.78, 5) is 21.9. The van der Waals surface area contributed by atoms with Gasteiger partial charge in [0, 0.05) is 25.1 Å². The van der Waals surface area contributed by atoms with Crippen molar-refractivity contribution in [2.45, 2.75) is 13.5 Å². The van der Waals surface area contributed by atoms with Gasteiger partial charge in [0.05, 0.1) is 12.0 Å². The molecule has 0 spiro atoms. The Hall–Kier alpha value is -3.19. The molecule has 0 radical (unpaired) electrons. The molecule has 6 nitrogen and oxygen atoms in total. The third kappa shape index (κ3) is 3.29. The molecule has 0 bridgehead atoms. The second-order valence-electron chi connectivity index (χ2n) is 5.71. The predicted molar refractivity (Wildman–Crippen MR) is 99.3 cm³/mol. The SMILES string of the molecule is Cc1nc(-n2cccc2)sc1C(=O)NCc1ccnc(-c2ccco2)c1. The van der Waals surface area contributed by atoms with Crippen LogP contribution in [0, 0.1) is 6.92 Å². The van der Waals surface area contributed by atoms with E-state index in [-0.39, 0.29) is 5.91 Å². The fraction of sp³-hybridized carbons (Fsp3) is 0.105. The predicted octanol–water partition coefficient (Wildman–Crippen LogP) is 3.83. The summed E-state index contributed by atoms with van der Waals surface area (Å²) in [7, 11) is 0.